The Balaban J connectivity index is 1.34. The Morgan fingerprint density at radius 2 is 1.41 bits per heavy atom. The van der Waals surface area contributed by atoms with Crippen LogP contribution in [0.15, 0.2) is 59.5 Å². The first kappa shape index (κ1) is 27.1. The lowest BCUT2D eigenvalue weighted by molar-refractivity contribution is -0.137. The van der Waals surface area contributed by atoms with E-state index in [1.165, 1.54) is 11.8 Å². The zero-order valence-corrected chi connectivity index (χ0v) is 22.5. The first-order chi connectivity index (χ1) is 18.0. The van der Waals surface area contributed by atoms with Crippen molar-refractivity contribution in [2.45, 2.75) is 64.3 Å². The van der Waals surface area contributed by atoms with Crippen LogP contribution < -0.4 is 4.90 Å². The van der Waals surface area contributed by atoms with Gasteiger partial charge in [-0.15, -0.1) is 0 Å². The second-order valence-corrected chi connectivity index (χ2v) is 11.0. The van der Waals surface area contributed by atoms with Crippen LogP contribution >= 0.6 is 24.0 Å². The minimum atomic E-state index is -0.725. The van der Waals surface area contributed by atoms with Crippen LogP contribution in [0.25, 0.3) is 5.57 Å². The lowest BCUT2D eigenvalue weighted by atomic mass is 10.1. The second kappa shape index (κ2) is 13.0. The predicted octanol–water partition coefficient (Wildman–Crippen LogP) is 6.40. The highest BCUT2D eigenvalue weighted by Crippen LogP contribution is 2.45. The van der Waals surface area contributed by atoms with Gasteiger partial charge in [0.2, 0.25) is 0 Å². The second-order valence-electron chi connectivity index (χ2n) is 9.40. The number of carboxylic acids is 1. The topological polar surface area (TPSA) is 77.9 Å². The van der Waals surface area contributed by atoms with E-state index in [0.717, 1.165) is 68.2 Å². The van der Waals surface area contributed by atoms with Gasteiger partial charge in [-0.3, -0.25) is 19.3 Å². The Morgan fingerprint density at radius 1 is 0.784 bits per heavy atom. The number of para-hydroxylation sites is 1. The average molecular weight is 537 g/mol. The maximum atomic E-state index is 13.6. The van der Waals surface area contributed by atoms with Crippen LogP contribution in [0.2, 0.25) is 0 Å². The van der Waals surface area contributed by atoms with E-state index in [-0.39, 0.29) is 18.2 Å². The van der Waals surface area contributed by atoms with Crippen molar-refractivity contribution in [1.82, 2.24) is 4.90 Å². The van der Waals surface area contributed by atoms with Crippen molar-refractivity contribution in [3.8, 4) is 0 Å². The molecule has 0 aromatic heterocycles. The molecule has 4 rings (SSSR count). The van der Waals surface area contributed by atoms with Crippen molar-refractivity contribution >= 4 is 57.3 Å². The average Bonchev–Trinajstić information content (AvgIpc) is 3.32. The fraction of sp³-hybridized carbons (Fsp3) is 0.379. The molecule has 8 heteroatoms. The van der Waals surface area contributed by atoms with Gasteiger partial charge in [0.05, 0.1) is 22.7 Å². The van der Waals surface area contributed by atoms with Crippen molar-refractivity contribution in [3.05, 3.63) is 70.6 Å². The van der Waals surface area contributed by atoms with E-state index < -0.39 is 5.97 Å². The highest BCUT2D eigenvalue weighted by molar-refractivity contribution is 8.26. The summed E-state index contributed by atoms with van der Waals surface area (Å²) in [4.78, 5) is 41.3. The van der Waals surface area contributed by atoms with E-state index in [2.05, 4.69) is 0 Å². The van der Waals surface area contributed by atoms with E-state index in [1.54, 1.807) is 9.80 Å². The summed E-state index contributed by atoms with van der Waals surface area (Å²) in [6, 6.07) is 17.5. The zero-order chi connectivity index (χ0) is 26.2. The van der Waals surface area contributed by atoms with Crippen molar-refractivity contribution in [2.75, 3.05) is 11.4 Å². The number of nitrogens with zero attached hydrogens (tertiary/aromatic N) is 2. The molecule has 6 nitrogen and oxygen atoms in total. The third-order valence-corrected chi connectivity index (χ3v) is 8.15. The van der Waals surface area contributed by atoms with E-state index in [9.17, 15) is 14.4 Å². The molecule has 0 atom stereocenters. The summed E-state index contributed by atoms with van der Waals surface area (Å²) < 4.78 is 0.512. The first-order valence-corrected chi connectivity index (χ1v) is 14.1. The number of carboxylic acid groups (broad SMARTS) is 1. The summed E-state index contributed by atoms with van der Waals surface area (Å²) in [6.07, 6.45) is 8.18. The molecule has 2 heterocycles. The third kappa shape index (κ3) is 6.67. The van der Waals surface area contributed by atoms with Gasteiger partial charge in [-0.05, 0) is 24.5 Å². The highest BCUT2D eigenvalue weighted by Gasteiger charge is 2.41. The number of aliphatic carboxylic acids is 1. The van der Waals surface area contributed by atoms with Crippen molar-refractivity contribution in [2.24, 2.45) is 0 Å². The number of amides is 2. The van der Waals surface area contributed by atoms with Crippen LogP contribution in [0.1, 0.15) is 68.9 Å². The number of hydrogen-bond acceptors (Lipinski definition) is 5. The van der Waals surface area contributed by atoms with Gasteiger partial charge in [0, 0.05) is 18.5 Å². The molecule has 0 unspecified atom stereocenters. The van der Waals surface area contributed by atoms with Crippen molar-refractivity contribution < 1.29 is 19.5 Å². The normalized spacial score (nSPS) is 17.1. The Kier molecular flexibility index (Phi) is 9.52. The predicted molar refractivity (Wildman–Crippen MR) is 152 cm³/mol. The molecule has 0 radical (unpaired) electrons. The molecule has 0 spiro atoms. The lowest BCUT2D eigenvalue weighted by Crippen LogP contribution is -2.30. The van der Waals surface area contributed by atoms with Gasteiger partial charge in [-0.2, -0.15) is 0 Å². The number of hydrogen-bond donors (Lipinski definition) is 1. The molecule has 0 bridgehead atoms. The van der Waals surface area contributed by atoms with Gasteiger partial charge in [-0.25, -0.2) is 0 Å². The Bertz CT molecular complexity index is 1200. The van der Waals surface area contributed by atoms with Crippen LogP contribution in [-0.2, 0) is 20.9 Å². The molecule has 194 valence electrons. The molecular weight excluding hydrogens is 504 g/mol. The quantitative estimate of drug-likeness (QED) is 0.181. The van der Waals surface area contributed by atoms with Crippen molar-refractivity contribution in [3.63, 3.8) is 0 Å². The number of fused-ring (bicyclic) bond motifs is 1. The molecule has 37 heavy (non-hydrogen) atoms. The summed E-state index contributed by atoms with van der Waals surface area (Å²) in [5.41, 5.74) is 3.08. The summed E-state index contributed by atoms with van der Waals surface area (Å²) in [7, 11) is 0. The smallest absolute Gasteiger partial charge is 0.303 e. The fourth-order valence-electron chi connectivity index (χ4n) is 4.77. The molecular formula is C29H32N2O4S2. The highest BCUT2D eigenvalue weighted by atomic mass is 32.2. The number of unbranched alkanes of at least 4 members (excludes halogenated alkanes) is 7. The van der Waals surface area contributed by atoms with Gasteiger partial charge in [0.1, 0.15) is 4.32 Å². The molecule has 2 aromatic rings. The summed E-state index contributed by atoms with van der Waals surface area (Å²) in [5.74, 6) is -1.06. The fourth-order valence-corrected chi connectivity index (χ4v) is 6.15. The number of anilines is 1. The van der Waals surface area contributed by atoms with Gasteiger partial charge in [-0.1, -0.05) is 111 Å². The van der Waals surface area contributed by atoms with Crippen LogP contribution in [0.3, 0.4) is 0 Å². The van der Waals surface area contributed by atoms with Crippen molar-refractivity contribution in [1.29, 1.82) is 0 Å². The number of carbonyl (C=O) groups is 3. The van der Waals surface area contributed by atoms with Crippen LogP contribution in [0.4, 0.5) is 5.69 Å². The minimum Gasteiger partial charge on any atom is -0.481 e. The van der Waals surface area contributed by atoms with Crippen LogP contribution in [-0.4, -0.2) is 38.7 Å². The standard InChI is InChI=1S/C29H32N2O4S2/c32-24(33)18-10-5-3-1-2-4-6-13-19-30-28(35)26(37-29(30)36)25-22-16-11-12-17-23(22)31(27(25)34)20-21-14-8-7-9-15-21/h7-9,11-12,14-17H,1-6,10,13,18-20H2,(H,32,33)/b26-25-. The monoisotopic (exact) mass is 536 g/mol. The Labute approximate surface area is 227 Å². The number of benzene rings is 2. The molecule has 2 amide bonds. The first-order valence-electron chi connectivity index (χ1n) is 12.9. The van der Waals surface area contributed by atoms with E-state index in [4.69, 9.17) is 17.3 Å². The maximum absolute atomic E-state index is 13.6. The number of rotatable bonds is 13. The van der Waals surface area contributed by atoms with E-state index in [0.29, 0.717) is 27.9 Å². The molecule has 2 aromatic carbocycles. The van der Waals surface area contributed by atoms with Gasteiger partial charge < -0.3 is 10.0 Å². The minimum absolute atomic E-state index is 0.158. The molecule has 2 aliphatic rings. The molecule has 1 fully saturated rings. The molecule has 1 N–H and O–H groups in total. The lowest BCUT2D eigenvalue weighted by Gasteiger charge is -2.17. The summed E-state index contributed by atoms with van der Waals surface area (Å²) in [5, 5.41) is 8.68. The molecule has 0 saturated carbocycles. The number of thiocarbonyl (C=S) groups is 1. The molecule has 1 saturated heterocycles. The summed E-state index contributed by atoms with van der Waals surface area (Å²) >= 11 is 6.78. The van der Waals surface area contributed by atoms with Crippen LogP contribution in [0.5, 0.6) is 0 Å². The third-order valence-electron chi connectivity index (χ3n) is 6.71. The largest absolute Gasteiger partial charge is 0.481 e. The Morgan fingerprint density at radius 3 is 2.11 bits per heavy atom. The SMILES string of the molecule is O=C(O)CCCCCCCCCCN1C(=O)/C(=C2/C(=O)N(Cc3ccccc3)c3ccccc32)SC1=S. The molecule has 2 aliphatic heterocycles. The maximum Gasteiger partial charge on any atom is 0.303 e. The van der Waals surface area contributed by atoms with Gasteiger partial charge >= 0.3 is 5.97 Å². The zero-order valence-electron chi connectivity index (χ0n) is 20.9. The summed E-state index contributed by atoms with van der Waals surface area (Å²) in [6.45, 7) is 1.00. The molecule has 0 aliphatic carbocycles. The Hall–Kier alpha value is -2.97. The number of thioether (sulfide) groups is 1. The van der Waals surface area contributed by atoms with Gasteiger partial charge in [0.25, 0.3) is 11.8 Å². The van der Waals surface area contributed by atoms with E-state index in [1.807, 2.05) is 54.6 Å². The van der Waals surface area contributed by atoms with Crippen LogP contribution in [0, 0.1) is 0 Å². The van der Waals surface area contributed by atoms with Gasteiger partial charge in [0.15, 0.2) is 0 Å². The van der Waals surface area contributed by atoms with E-state index >= 15 is 0 Å². The number of carbonyl (C=O) groups excluding carboxylic acids is 2.